The molecule has 0 N–H and O–H groups in total. The van der Waals surface area contributed by atoms with Crippen LogP contribution in [-0.2, 0) is 0 Å². The number of nitrogens with zero attached hydrogens (tertiary/aromatic N) is 1. The second kappa shape index (κ2) is 4.49. The van der Waals surface area contributed by atoms with Gasteiger partial charge in [-0.2, -0.15) is 0 Å². The highest BCUT2D eigenvalue weighted by atomic mass is 16.6. The molecule has 1 unspecified atom stereocenters. The van der Waals surface area contributed by atoms with E-state index in [-0.39, 0.29) is 12.0 Å². The first kappa shape index (κ1) is 11.5. The molecule has 90 valence electrons. The molecule has 0 amide bonds. The Morgan fingerprint density at radius 2 is 1.94 bits per heavy atom. The zero-order chi connectivity index (χ0) is 12.4. The van der Waals surface area contributed by atoms with Crippen LogP contribution in [0.1, 0.15) is 24.2 Å². The summed E-state index contributed by atoms with van der Waals surface area (Å²) in [7, 11) is 1.49. The molecule has 2 aromatic rings. The van der Waals surface area contributed by atoms with E-state index in [9.17, 15) is 4.79 Å². The minimum atomic E-state index is -0.393. The lowest BCUT2D eigenvalue weighted by atomic mass is 10.1. The smallest absolute Gasteiger partial charge is 0.422 e. The predicted molar refractivity (Wildman–Crippen MR) is 64.5 cm³/mol. The molecule has 0 aliphatic carbocycles. The molecule has 0 saturated heterocycles. The maximum atomic E-state index is 11.8. The molecule has 0 aliphatic heterocycles. The summed E-state index contributed by atoms with van der Waals surface area (Å²) < 4.78 is 11.6. The number of ether oxygens (including phenoxy) is 1. The predicted octanol–water partition coefficient (Wildman–Crippen LogP) is 2.37. The maximum Gasteiger partial charge on any atom is 0.422 e. The minimum absolute atomic E-state index is 0.0728. The van der Waals surface area contributed by atoms with Crippen molar-refractivity contribution in [3.8, 4) is 5.95 Å². The Hall–Kier alpha value is -1.97. The van der Waals surface area contributed by atoms with Crippen molar-refractivity contribution in [1.29, 1.82) is 0 Å². The average Bonchev–Trinajstić information content (AvgIpc) is 2.64. The van der Waals surface area contributed by atoms with Crippen molar-refractivity contribution in [2.24, 2.45) is 0 Å². The summed E-state index contributed by atoms with van der Waals surface area (Å²) in [5.41, 5.74) is 1.76. The van der Waals surface area contributed by atoms with Crippen LogP contribution in [0.15, 0.2) is 39.5 Å². The fourth-order valence-electron chi connectivity index (χ4n) is 1.96. The number of hydrogen-bond acceptors (Lipinski definition) is 3. The summed E-state index contributed by atoms with van der Waals surface area (Å²) in [6.07, 6.45) is 0. The van der Waals surface area contributed by atoms with Gasteiger partial charge >= 0.3 is 11.7 Å². The van der Waals surface area contributed by atoms with E-state index in [0.29, 0.717) is 5.69 Å². The van der Waals surface area contributed by atoms with Crippen molar-refractivity contribution >= 4 is 0 Å². The summed E-state index contributed by atoms with van der Waals surface area (Å²) in [5.74, 6) is -0.117. The van der Waals surface area contributed by atoms with Crippen LogP contribution in [0.5, 0.6) is 5.95 Å². The number of aromatic nitrogens is 1. The molecule has 0 saturated carbocycles. The molecular weight excluding hydrogens is 218 g/mol. The van der Waals surface area contributed by atoms with Gasteiger partial charge < -0.3 is 9.15 Å². The van der Waals surface area contributed by atoms with Gasteiger partial charge in [0.15, 0.2) is 0 Å². The Morgan fingerprint density at radius 1 is 1.29 bits per heavy atom. The molecule has 0 radical (unpaired) electrons. The van der Waals surface area contributed by atoms with E-state index < -0.39 is 5.76 Å². The van der Waals surface area contributed by atoms with E-state index in [1.807, 2.05) is 44.2 Å². The molecule has 17 heavy (non-hydrogen) atoms. The van der Waals surface area contributed by atoms with E-state index in [0.717, 1.165) is 5.56 Å². The number of rotatable bonds is 3. The monoisotopic (exact) mass is 233 g/mol. The van der Waals surface area contributed by atoms with E-state index in [4.69, 9.17) is 9.15 Å². The van der Waals surface area contributed by atoms with Crippen LogP contribution < -0.4 is 10.5 Å². The zero-order valence-corrected chi connectivity index (χ0v) is 10.1. The first-order chi connectivity index (χ1) is 8.15. The standard InChI is InChI=1S/C13H15NO3/c1-9(11-7-5-4-6-8-11)14-10(2)12(16-3)17-13(14)15/h4-9H,1-3H3. The Morgan fingerprint density at radius 3 is 2.47 bits per heavy atom. The molecule has 0 aliphatic rings. The Balaban J connectivity index is 2.48. The van der Waals surface area contributed by atoms with E-state index in [1.165, 1.54) is 7.11 Å². The summed E-state index contributed by atoms with van der Waals surface area (Å²) >= 11 is 0. The fraction of sp³-hybridized carbons (Fsp3) is 0.308. The van der Waals surface area contributed by atoms with Gasteiger partial charge in [-0.1, -0.05) is 30.3 Å². The normalized spacial score (nSPS) is 12.4. The van der Waals surface area contributed by atoms with Crippen molar-refractivity contribution < 1.29 is 9.15 Å². The molecule has 2 rings (SSSR count). The van der Waals surface area contributed by atoms with Crippen LogP contribution in [-0.4, -0.2) is 11.7 Å². The van der Waals surface area contributed by atoms with Crippen molar-refractivity contribution in [2.75, 3.05) is 7.11 Å². The second-order valence-corrected chi connectivity index (χ2v) is 3.90. The molecule has 1 aromatic carbocycles. The van der Waals surface area contributed by atoms with Crippen molar-refractivity contribution in [3.63, 3.8) is 0 Å². The Labute approximate surface area is 99.4 Å². The summed E-state index contributed by atoms with van der Waals surface area (Å²) in [6, 6.07) is 9.73. The quantitative estimate of drug-likeness (QED) is 0.817. The third-order valence-corrected chi connectivity index (χ3v) is 2.89. The van der Waals surface area contributed by atoms with Gasteiger partial charge in [0.25, 0.3) is 0 Å². The third-order valence-electron chi connectivity index (χ3n) is 2.89. The second-order valence-electron chi connectivity index (χ2n) is 3.90. The molecule has 1 aromatic heterocycles. The Bertz CT molecular complexity index is 554. The van der Waals surface area contributed by atoms with Gasteiger partial charge in [0.1, 0.15) is 5.69 Å². The number of methoxy groups -OCH3 is 1. The zero-order valence-electron chi connectivity index (χ0n) is 10.1. The topological polar surface area (TPSA) is 44.4 Å². The molecule has 1 atom stereocenters. The highest BCUT2D eigenvalue weighted by molar-refractivity contribution is 5.22. The SMILES string of the molecule is COc1oc(=O)n(C(C)c2ccccc2)c1C. The minimum Gasteiger partial charge on any atom is -0.467 e. The number of oxazole rings is 1. The van der Waals surface area contributed by atoms with Gasteiger partial charge in [-0.3, -0.25) is 4.57 Å². The maximum absolute atomic E-state index is 11.8. The van der Waals surface area contributed by atoms with Gasteiger partial charge in [-0.05, 0) is 19.4 Å². The first-order valence-electron chi connectivity index (χ1n) is 5.46. The fourth-order valence-corrected chi connectivity index (χ4v) is 1.96. The average molecular weight is 233 g/mol. The van der Waals surface area contributed by atoms with E-state index in [2.05, 4.69) is 0 Å². The summed E-state index contributed by atoms with van der Waals surface area (Å²) in [4.78, 5) is 11.8. The molecule has 4 nitrogen and oxygen atoms in total. The van der Waals surface area contributed by atoms with Crippen molar-refractivity contribution in [3.05, 3.63) is 52.1 Å². The number of benzene rings is 1. The van der Waals surface area contributed by atoms with Gasteiger partial charge in [0.05, 0.1) is 13.2 Å². The molecule has 0 fully saturated rings. The van der Waals surface area contributed by atoms with Crippen LogP contribution in [0, 0.1) is 6.92 Å². The van der Waals surface area contributed by atoms with Gasteiger partial charge in [-0.15, -0.1) is 0 Å². The Kier molecular flexibility index (Phi) is 3.04. The highest BCUT2D eigenvalue weighted by Gasteiger charge is 2.18. The highest BCUT2D eigenvalue weighted by Crippen LogP contribution is 2.23. The molecule has 0 spiro atoms. The molecule has 1 heterocycles. The lowest BCUT2D eigenvalue weighted by Crippen LogP contribution is -2.20. The van der Waals surface area contributed by atoms with Crippen LogP contribution in [0.3, 0.4) is 0 Å². The number of hydrogen-bond donors (Lipinski definition) is 0. The largest absolute Gasteiger partial charge is 0.467 e. The lowest BCUT2D eigenvalue weighted by Gasteiger charge is -2.13. The van der Waals surface area contributed by atoms with Gasteiger partial charge in [0.2, 0.25) is 0 Å². The van der Waals surface area contributed by atoms with Crippen molar-refractivity contribution in [1.82, 2.24) is 4.57 Å². The van der Waals surface area contributed by atoms with Gasteiger partial charge in [-0.25, -0.2) is 4.79 Å². The summed E-state index contributed by atoms with van der Waals surface area (Å²) in [5, 5.41) is 0. The van der Waals surface area contributed by atoms with Crippen LogP contribution in [0.4, 0.5) is 0 Å². The molecule has 0 bridgehead atoms. The molecular formula is C13H15NO3. The van der Waals surface area contributed by atoms with Crippen LogP contribution in [0.2, 0.25) is 0 Å². The first-order valence-corrected chi connectivity index (χ1v) is 5.46. The summed E-state index contributed by atoms with van der Waals surface area (Å²) in [6.45, 7) is 3.77. The van der Waals surface area contributed by atoms with E-state index in [1.54, 1.807) is 4.57 Å². The molecule has 4 heteroatoms. The van der Waals surface area contributed by atoms with Crippen LogP contribution >= 0.6 is 0 Å². The van der Waals surface area contributed by atoms with E-state index >= 15 is 0 Å². The van der Waals surface area contributed by atoms with Crippen molar-refractivity contribution in [2.45, 2.75) is 19.9 Å². The third kappa shape index (κ3) is 1.98. The lowest BCUT2D eigenvalue weighted by molar-refractivity contribution is 0.291. The van der Waals surface area contributed by atoms with Gasteiger partial charge in [0, 0.05) is 0 Å². The van der Waals surface area contributed by atoms with Crippen LogP contribution in [0.25, 0.3) is 0 Å².